The number of anilines is 1. The Bertz CT molecular complexity index is 880. The zero-order valence-corrected chi connectivity index (χ0v) is 13.0. The molecule has 2 aromatic heterocycles. The second-order valence-corrected chi connectivity index (χ2v) is 7.63. The first kappa shape index (κ1) is 14.0. The zero-order valence-electron chi connectivity index (χ0n) is 11.4. The summed E-state index contributed by atoms with van der Waals surface area (Å²) in [5, 5.41) is 0.788. The van der Waals surface area contributed by atoms with Crippen LogP contribution in [0.15, 0.2) is 52.9 Å². The molecule has 6 heteroatoms. The van der Waals surface area contributed by atoms with Crippen LogP contribution in [-0.2, 0) is 16.4 Å². The maximum Gasteiger partial charge on any atom is 0.271 e. The van der Waals surface area contributed by atoms with Gasteiger partial charge in [-0.1, -0.05) is 13.0 Å². The Kier molecular flexibility index (Phi) is 3.65. The summed E-state index contributed by atoms with van der Waals surface area (Å²) in [6.45, 7) is 2.01. The second kappa shape index (κ2) is 5.46. The Labute approximate surface area is 127 Å². The molecule has 0 amide bonds. The molecule has 2 heterocycles. The molecule has 1 aromatic carbocycles. The van der Waals surface area contributed by atoms with Gasteiger partial charge in [-0.05, 0) is 42.8 Å². The van der Waals surface area contributed by atoms with E-state index in [1.54, 1.807) is 30.5 Å². The Hall–Kier alpha value is -1.92. The fourth-order valence-electron chi connectivity index (χ4n) is 2.08. The highest BCUT2D eigenvalue weighted by Crippen LogP contribution is 2.27. The summed E-state index contributed by atoms with van der Waals surface area (Å²) in [7, 11) is -3.55. The quantitative estimate of drug-likeness (QED) is 0.798. The van der Waals surface area contributed by atoms with Crippen LogP contribution >= 0.6 is 11.3 Å². The lowest BCUT2D eigenvalue weighted by Gasteiger charge is -2.08. The number of hydrogen-bond donors (Lipinski definition) is 1. The smallest absolute Gasteiger partial charge is 0.271 e. The van der Waals surface area contributed by atoms with Gasteiger partial charge < -0.3 is 0 Å². The molecule has 0 bridgehead atoms. The maximum atomic E-state index is 12.5. The Morgan fingerprint density at radius 3 is 2.76 bits per heavy atom. The molecule has 108 valence electrons. The van der Waals surface area contributed by atoms with Crippen molar-refractivity contribution >= 4 is 38.0 Å². The number of nitrogens with one attached hydrogen (secondary N) is 1. The van der Waals surface area contributed by atoms with Gasteiger partial charge in [0.25, 0.3) is 10.0 Å². The fraction of sp³-hybridized carbons (Fsp3) is 0.133. The molecule has 0 aliphatic carbocycles. The molecular formula is C15H14N2O2S2. The second-order valence-electron chi connectivity index (χ2n) is 4.56. The average Bonchev–Trinajstić information content (AvgIpc) is 2.97. The van der Waals surface area contributed by atoms with Crippen molar-refractivity contribution in [3.05, 3.63) is 53.5 Å². The molecule has 3 rings (SSSR count). The van der Waals surface area contributed by atoms with Gasteiger partial charge in [-0.15, -0.1) is 11.3 Å². The number of aromatic nitrogens is 1. The predicted octanol–water partition coefficient (Wildman–Crippen LogP) is 3.66. The highest BCUT2D eigenvalue weighted by Gasteiger charge is 2.17. The van der Waals surface area contributed by atoms with Crippen LogP contribution in [0.1, 0.15) is 11.8 Å². The van der Waals surface area contributed by atoms with E-state index in [1.807, 2.05) is 25.1 Å². The summed E-state index contributed by atoms with van der Waals surface area (Å²) < 4.78 is 27.9. The summed E-state index contributed by atoms with van der Waals surface area (Å²) in [5.41, 5.74) is 1.31. The molecule has 0 spiro atoms. The van der Waals surface area contributed by atoms with Crippen molar-refractivity contribution < 1.29 is 8.42 Å². The van der Waals surface area contributed by atoms with E-state index >= 15 is 0 Å². The SMILES string of the molecule is CCc1ccc(S(=O)(=O)Nc2cccc3ncccc23)s1. The third-order valence-electron chi connectivity index (χ3n) is 3.14. The molecule has 0 saturated carbocycles. The number of sulfonamides is 1. The number of aryl methyl sites for hydroxylation is 1. The minimum absolute atomic E-state index is 0.334. The van der Waals surface area contributed by atoms with E-state index in [-0.39, 0.29) is 0 Å². The number of benzene rings is 1. The summed E-state index contributed by atoms with van der Waals surface area (Å²) in [5.74, 6) is 0. The largest absolute Gasteiger partial charge is 0.278 e. The van der Waals surface area contributed by atoms with E-state index in [4.69, 9.17) is 0 Å². The van der Waals surface area contributed by atoms with Crippen LogP contribution in [-0.4, -0.2) is 13.4 Å². The molecule has 0 unspecified atom stereocenters. The van der Waals surface area contributed by atoms with Crippen molar-refractivity contribution in [1.29, 1.82) is 0 Å². The van der Waals surface area contributed by atoms with Gasteiger partial charge in [0.2, 0.25) is 0 Å². The monoisotopic (exact) mass is 318 g/mol. The van der Waals surface area contributed by atoms with Crippen LogP contribution in [0.5, 0.6) is 0 Å². The fourth-order valence-corrected chi connectivity index (χ4v) is 4.46. The first-order valence-electron chi connectivity index (χ1n) is 6.55. The topological polar surface area (TPSA) is 59.1 Å². The van der Waals surface area contributed by atoms with Crippen LogP contribution in [0.2, 0.25) is 0 Å². The molecule has 0 radical (unpaired) electrons. The molecule has 3 aromatic rings. The summed E-state index contributed by atoms with van der Waals surface area (Å²) in [4.78, 5) is 5.28. The van der Waals surface area contributed by atoms with Crippen LogP contribution in [0, 0.1) is 0 Å². The lowest BCUT2D eigenvalue weighted by Crippen LogP contribution is -2.11. The van der Waals surface area contributed by atoms with Gasteiger partial charge in [-0.3, -0.25) is 9.71 Å². The van der Waals surface area contributed by atoms with Crippen molar-refractivity contribution in [2.45, 2.75) is 17.6 Å². The highest BCUT2D eigenvalue weighted by molar-refractivity contribution is 7.94. The van der Waals surface area contributed by atoms with Crippen molar-refractivity contribution in [1.82, 2.24) is 4.98 Å². The Balaban J connectivity index is 2.01. The number of rotatable bonds is 4. The minimum Gasteiger partial charge on any atom is -0.278 e. The standard InChI is InChI=1S/C15H14N2O2S2/c1-2-11-8-9-15(20-11)21(18,19)17-14-7-3-6-13-12(14)5-4-10-16-13/h3-10,17H,2H2,1H3. The van der Waals surface area contributed by atoms with Crippen molar-refractivity contribution in [2.24, 2.45) is 0 Å². The number of fused-ring (bicyclic) bond motifs is 1. The first-order valence-corrected chi connectivity index (χ1v) is 8.85. The highest BCUT2D eigenvalue weighted by atomic mass is 32.2. The zero-order chi connectivity index (χ0) is 14.9. The Morgan fingerprint density at radius 2 is 2.00 bits per heavy atom. The van der Waals surface area contributed by atoms with Crippen molar-refractivity contribution in [2.75, 3.05) is 4.72 Å². The molecule has 4 nitrogen and oxygen atoms in total. The van der Waals surface area contributed by atoms with E-state index < -0.39 is 10.0 Å². The molecular weight excluding hydrogens is 304 g/mol. The van der Waals surface area contributed by atoms with E-state index in [2.05, 4.69) is 9.71 Å². The molecule has 1 N–H and O–H groups in total. The summed E-state index contributed by atoms with van der Waals surface area (Å²) >= 11 is 1.30. The van der Waals surface area contributed by atoms with E-state index in [0.29, 0.717) is 9.90 Å². The molecule has 0 aliphatic rings. The van der Waals surface area contributed by atoms with Gasteiger partial charge in [0, 0.05) is 16.5 Å². The number of nitrogens with zero attached hydrogens (tertiary/aromatic N) is 1. The van der Waals surface area contributed by atoms with Gasteiger partial charge in [0.15, 0.2) is 0 Å². The van der Waals surface area contributed by atoms with Crippen molar-refractivity contribution in [3.8, 4) is 0 Å². The molecule has 21 heavy (non-hydrogen) atoms. The lowest BCUT2D eigenvalue weighted by molar-refractivity contribution is 0.603. The summed E-state index contributed by atoms with van der Waals surface area (Å²) in [6, 6.07) is 12.5. The number of hydrogen-bond acceptors (Lipinski definition) is 4. The van der Waals surface area contributed by atoms with Gasteiger partial charge in [-0.25, -0.2) is 8.42 Å². The maximum absolute atomic E-state index is 12.5. The summed E-state index contributed by atoms with van der Waals surface area (Å²) in [6.07, 6.45) is 2.52. The third-order valence-corrected chi connectivity index (χ3v) is 6.23. The Morgan fingerprint density at radius 1 is 1.14 bits per heavy atom. The van der Waals surface area contributed by atoms with Crippen molar-refractivity contribution in [3.63, 3.8) is 0 Å². The minimum atomic E-state index is -3.55. The van der Waals surface area contributed by atoms with Crippen LogP contribution < -0.4 is 4.72 Å². The van der Waals surface area contributed by atoms with E-state index in [0.717, 1.165) is 22.2 Å². The molecule has 0 saturated heterocycles. The van der Waals surface area contributed by atoms with Crippen LogP contribution in [0.4, 0.5) is 5.69 Å². The van der Waals surface area contributed by atoms with E-state index in [1.165, 1.54) is 11.3 Å². The lowest BCUT2D eigenvalue weighted by atomic mass is 10.2. The van der Waals surface area contributed by atoms with E-state index in [9.17, 15) is 8.42 Å². The molecule has 0 fully saturated rings. The normalized spacial score (nSPS) is 11.7. The van der Waals surface area contributed by atoms with Gasteiger partial charge >= 0.3 is 0 Å². The van der Waals surface area contributed by atoms with Crippen LogP contribution in [0.3, 0.4) is 0 Å². The van der Waals surface area contributed by atoms with Gasteiger partial charge in [0.05, 0.1) is 11.2 Å². The number of pyridine rings is 1. The number of thiophene rings is 1. The first-order chi connectivity index (χ1) is 10.1. The molecule has 0 atom stereocenters. The van der Waals surface area contributed by atoms with Gasteiger partial charge in [-0.2, -0.15) is 0 Å². The molecule has 0 aliphatic heterocycles. The third kappa shape index (κ3) is 2.77. The van der Waals surface area contributed by atoms with Gasteiger partial charge in [0.1, 0.15) is 4.21 Å². The predicted molar refractivity (Wildman–Crippen MR) is 86.2 cm³/mol. The van der Waals surface area contributed by atoms with Crippen LogP contribution in [0.25, 0.3) is 10.9 Å². The average molecular weight is 318 g/mol.